The standard InChI is InChI=1S/C19H23N3O5S.C13H11FN2O4S/c1-21(28(25,26)17-8-3-2-4-9-17)15-10-11-18(19(13-15)22(23)24)20-14-16-7-5-6-12-27-16;1-15(21(19,20)11-5-3-2-4-6-11)10-7-8-12(14)13(9-10)16(17)18/h2-4,8-11,13,16,20H,5-7,12,14H2,1H3;2-9H,1H3. The van der Waals surface area contributed by atoms with Gasteiger partial charge in [-0.25, -0.2) is 16.8 Å². The zero-order chi connectivity index (χ0) is 35.8. The summed E-state index contributed by atoms with van der Waals surface area (Å²) in [6, 6.07) is 22.8. The van der Waals surface area contributed by atoms with E-state index in [9.17, 15) is 41.5 Å². The van der Waals surface area contributed by atoms with Gasteiger partial charge in [0.1, 0.15) is 5.69 Å². The lowest BCUT2D eigenvalue weighted by Crippen LogP contribution is -2.28. The SMILES string of the molecule is CN(c1ccc(F)c([N+](=O)[O-])c1)S(=O)(=O)c1ccccc1.CN(c1ccc(NCC2CCCCO2)c([N+](=O)[O-])c1)S(=O)(=O)c1ccccc1. The summed E-state index contributed by atoms with van der Waals surface area (Å²) in [7, 11) is -5.04. The molecule has 1 unspecified atom stereocenters. The molecule has 1 heterocycles. The second kappa shape index (κ2) is 15.8. The first kappa shape index (κ1) is 36.7. The molecule has 1 fully saturated rings. The number of benzene rings is 4. The molecule has 5 rings (SSSR count). The van der Waals surface area contributed by atoms with E-state index in [4.69, 9.17) is 4.74 Å². The molecule has 0 aliphatic carbocycles. The van der Waals surface area contributed by atoms with E-state index < -0.39 is 41.4 Å². The number of halogens is 1. The van der Waals surface area contributed by atoms with Crippen molar-refractivity contribution in [2.45, 2.75) is 35.2 Å². The van der Waals surface area contributed by atoms with Crippen LogP contribution in [0.25, 0.3) is 0 Å². The Bertz CT molecular complexity index is 2000. The molecule has 4 aromatic rings. The second-order valence-corrected chi connectivity index (χ2v) is 14.7. The second-order valence-electron chi connectivity index (χ2n) is 10.8. The van der Waals surface area contributed by atoms with E-state index in [-0.39, 0.29) is 33.0 Å². The molecule has 17 heteroatoms. The highest BCUT2D eigenvalue weighted by atomic mass is 32.2. The summed E-state index contributed by atoms with van der Waals surface area (Å²) in [5.74, 6) is -1.02. The van der Waals surface area contributed by atoms with E-state index in [2.05, 4.69) is 5.32 Å². The van der Waals surface area contributed by atoms with Crippen LogP contribution in [-0.4, -0.2) is 60.0 Å². The fourth-order valence-electron chi connectivity index (χ4n) is 4.82. The van der Waals surface area contributed by atoms with Crippen LogP contribution in [-0.2, 0) is 24.8 Å². The first-order valence-electron chi connectivity index (χ1n) is 14.9. The molecule has 0 aromatic heterocycles. The van der Waals surface area contributed by atoms with Crippen molar-refractivity contribution in [3.05, 3.63) is 123 Å². The maximum Gasteiger partial charge on any atom is 0.306 e. The topological polar surface area (TPSA) is 182 Å². The van der Waals surface area contributed by atoms with Gasteiger partial charge in [0.15, 0.2) is 0 Å². The Morgan fingerprint density at radius 1 is 0.755 bits per heavy atom. The average molecular weight is 716 g/mol. The molecule has 1 saturated heterocycles. The van der Waals surface area contributed by atoms with Crippen molar-refractivity contribution in [3.63, 3.8) is 0 Å². The molecular weight excluding hydrogens is 682 g/mol. The Hall–Kier alpha value is -5.13. The van der Waals surface area contributed by atoms with Crippen LogP contribution in [0.15, 0.2) is 107 Å². The normalized spacial score (nSPS) is 14.6. The van der Waals surface area contributed by atoms with Crippen LogP contribution < -0.4 is 13.9 Å². The smallest absolute Gasteiger partial charge is 0.306 e. The van der Waals surface area contributed by atoms with Gasteiger partial charge in [0, 0.05) is 39.4 Å². The Morgan fingerprint density at radius 3 is 1.71 bits per heavy atom. The van der Waals surface area contributed by atoms with E-state index in [0.717, 1.165) is 40.0 Å². The summed E-state index contributed by atoms with van der Waals surface area (Å²) in [5, 5.41) is 25.3. The average Bonchev–Trinajstić information content (AvgIpc) is 3.11. The highest BCUT2D eigenvalue weighted by Gasteiger charge is 2.26. The number of sulfonamides is 2. The van der Waals surface area contributed by atoms with E-state index in [1.54, 1.807) is 42.5 Å². The van der Waals surface area contributed by atoms with Crippen molar-refractivity contribution in [3.8, 4) is 0 Å². The summed E-state index contributed by atoms with van der Waals surface area (Å²) >= 11 is 0. The third kappa shape index (κ3) is 8.87. The number of ether oxygens (including phenoxy) is 1. The molecular formula is C32H34FN5O9S2. The Balaban J connectivity index is 0.000000230. The van der Waals surface area contributed by atoms with Crippen LogP contribution in [0.3, 0.4) is 0 Å². The number of hydrogen-bond acceptors (Lipinski definition) is 10. The highest BCUT2D eigenvalue weighted by molar-refractivity contribution is 7.93. The van der Waals surface area contributed by atoms with Crippen molar-refractivity contribution in [2.24, 2.45) is 0 Å². The fourth-order valence-corrected chi connectivity index (χ4v) is 7.24. The van der Waals surface area contributed by atoms with Gasteiger partial charge in [0.2, 0.25) is 5.82 Å². The molecule has 0 saturated carbocycles. The van der Waals surface area contributed by atoms with E-state index in [1.165, 1.54) is 56.6 Å². The maximum absolute atomic E-state index is 13.3. The van der Waals surface area contributed by atoms with Gasteiger partial charge in [-0.1, -0.05) is 36.4 Å². The van der Waals surface area contributed by atoms with Crippen LogP contribution >= 0.6 is 0 Å². The van der Waals surface area contributed by atoms with Crippen LogP contribution in [0, 0.1) is 26.0 Å². The molecule has 0 radical (unpaired) electrons. The molecule has 1 N–H and O–H groups in total. The van der Waals surface area contributed by atoms with Gasteiger partial charge in [0.05, 0.1) is 37.1 Å². The summed E-state index contributed by atoms with van der Waals surface area (Å²) in [4.78, 5) is 21.0. The largest absolute Gasteiger partial charge is 0.377 e. The molecule has 14 nitrogen and oxygen atoms in total. The van der Waals surface area contributed by atoms with Gasteiger partial charge in [-0.15, -0.1) is 0 Å². The number of anilines is 3. The molecule has 4 aromatic carbocycles. The minimum Gasteiger partial charge on any atom is -0.377 e. The highest BCUT2D eigenvalue weighted by Crippen LogP contribution is 2.32. The Morgan fingerprint density at radius 2 is 1.24 bits per heavy atom. The zero-order valence-electron chi connectivity index (χ0n) is 26.5. The lowest BCUT2D eigenvalue weighted by atomic mass is 10.1. The number of hydrogen-bond donors (Lipinski definition) is 1. The van der Waals surface area contributed by atoms with Crippen molar-refractivity contribution < 1.29 is 35.8 Å². The van der Waals surface area contributed by atoms with Gasteiger partial charge >= 0.3 is 5.69 Å². The summed E-state index contributed by atoms with van der Waals surface area (Å²) < 4.78 is 71.1. The van der Waals surface area contributed by atoms with Crippen LogP contribution in [0.1, 0.15) is 19.3 Å². The number of nitrogens with zero attached hydrogens (tertiary/aromatic N) is 4. The molecule has 260 valence electrons. The number of nitro groups is 2. The molecule has 49 heavy (non-hydrogen) atoms. The third-order valence-electron chi connectivity index (χ3n) is 7.63. The Labute approximate surface area is 283 Å². The summed E-state index contributed by atoms with van der Waals surface area (Å²) in [5.41, 5.74) is -0.388. The maximum atomic E-state index is 13.3. The molecule has 1 aliphatic rings. The van der Waals surface area contributed by atoms with Crippen LogP contribution in [0.2, 0.25) is 0 Å². The fraction of sp³-hybridized carbons (Fsp3) is 0.250. The predicted octanol–water partition coefficient (Wildman–Crippen LogP) is 5.96. The minimum absolute atomic E-state index is 0.00644. The van der Waals surface area contributed by atoms with Gasteiger partial charge in [0.25, 0.3) is 25.7 Å². The van der Waals surface area contributed by atoms with Gasteiger partial charge in [-0.2, -0.15) is 4.39 Å². The minimum atomic E-state index is -3.86. The molecule has 0 amide bonds. The monoisotopic (exact) mass is 715 g/mol. The lowest BCUT2D eigenvalue weighted by molar-refractivity contribution is -0.387. The first-order valence-corrected chi connectivity index (χ1v) is 17.8. The van der Waals surface area contributed by atoms with E-state index in [1.807, 2.05) is 0 Å². The Kier molecular flexibility index (Phi) is 11.9. The quantitative estimate of drug-likeness (QED) is 0.144. The summed E-state index contributed by atoms with van der Waals surface area (Å²) in [6.07, 6.45) is 3.05. The van der Waals surface area contributed by atoms with Crippen molar-refractivity contribution in [1.29, 1.82) is 0 Å². The van der Waals surface area contributed by atoms with E-state index >= 15 is 0 Å². The molecule has 1 atom stereocenters. The number of rotatable bonds is 11. The number of nitro benzene ring substituents is 2. The molecule has 1 aliphatic heterocycles. The summed E-state index contributed by atoms with van der Waals surface area (Å²) in [6.45, 7) is 1.17. The van der Waals surface area contributed by atoms with Gasteiger partial charge in [-0.05, 0) is 67.8 Å². The molecule has 0 bridgehead atoms. The van der Waals surface area contributed by atoms with Crippen LogP contribution in [0.4, 0.5) is 32.8 Å². The number of nitrogens with one attached hydrogen (secondary N) is 1. The zero-order valence-corrected chi connectivity index (χ0v) is 28.1. The van der Waals surface area contributed by atoms with Gasteiger partial charge in [-0.3, -0.25) is 28.8 Å². The third-order valence-corrected chi connectivity index (χ3v) is 11.2. The van der Waals surface area contributed by atoms with Crippen molar-refractivity contribution in [2.75, 3.05) is 41.2 Å². The predicted molar refractivity (Wildman–Crippen MR) is 182 cm³/mol. The van der Waals surface area contributed by atoms with Crippen LogP contribution in [0.5, 0.6) is 0 Å². The van der Waals surface area contributed by atoms with Crippen molar-refractivity contribution in [1.82, 2.24) is 0 Å². The van der Waals surface area contributed by atoms with E-state index in [0.29, 0.717) is 18.8 Å². The lowest BCUT2D eigenvalue weighted by Gasteiger charge is -2.23. The molecule has 0 spiro atoms. The van der Waals surface area contributed by atoms with Crippen molar-refractivity contribution >= 4 is 48.5 Å². The first-order chi connectivity index (χ1) is 23.2. The van der Waals surface area contributed by atoms with Gasteiger partial charge < -0.3 is 10.1 Å².